The number of hydrogen-bond acceptors (Lipinski definition) is 3. The molecule has 0 bridgehead atoms. The van der Waals surface area contributed by atoms with Crippen LogP contribution in [0.1, 0.15) is 64.2 Å². The van der Waals surface area contributed by atoms with Crippen LogP contribution in [-0.2, 0) is 0 Å². The molecule has 22 heavy (non-hydrogen) atoms. The van der Waals surface area contributed by atoms with E-state index in [-0.39, 0.29) is 0 Å². The van der Waals surface area contributed by atoms with Crippen molar-refractivity contribution in [2.75, 3.05) is 26.2 Å². The highest BCUT2D eigenvalue weighted by atomic mass is 15.1. The van der Waals surface area contributed by atoms with Gasteiger partial charge in [-0.1, -0.05) is 38.7 Å². The lowest BCUT2D eigenvalue weighted by Crippen LogP contribution is -2.78. The highest BCUT2D eigenvalue weighted by molar-refractivity contribution is 4.82. The lowest BCUT2D eigenvalue weighted by atomic mass is 10.1. The quantitative estimate of drug-likeness (QED) is 0.361. The van der Waals surface area contributed by atoms with E-state index in [0.717, 1.165) is 26.1 Å². The molecule has 0 aliphatic rings. The van der Waals surface area contributed by atoms with Crippen molar-refractivity contribution in [3.05, 3.63) is 25.2 Å². The van der Waals surface area contributed by atoms with E-state index >= 15 is 0 Å². The van der Waals surface area contributed by atoms with E-state index in [1.807, 2.05) is 6.20 Å². The van der Waals surface area contributed by atoms with Gasteiger partial charge in [0, 0.05) is 6.54 Å². The second-order valence-corrected chi connectivity index (χ2v) is 5.90. The van der Waals surface area contributed by atoms with E-state index in [4.69, 9.17) is 11.5 Å². The first-order valence-corrected chi connectivity index (χ1v) is 9.13. The number of rotatable bonds is 17. The lowest BCUT2D eigenvalue weighted by molar-refractivity contribution is -0.588. The summed E-state index contributed by atoms with van der Waals surface area (Å²) in [4.78, 5) is 2.18. The average Bonchev–Trinajstić information content (AvgIpc) is 2.54. The summed E-state index contributed by atoms with van der Waals surface area (Å²) in [6.45, 7) is 7.77. The minimum absolute atomic E-state index is 0.824. The monoisotopic (exact) mass is 311 g/mol. The molecule has 0 amide bonds. The van der Waals surface area contributed by atoms with Crippen LogP contribution in [0.5, 0.6) is 0 Å². The normalized spacial score (nSPS) is 11.2. The van der Waals surface area contributed by atoms with Gasteiger partial charge in [-0.2, -0.15) is 0 Å². The first kappa shape index (κ1) is 21.2. The van der Waals surface area contributed by atoms with E-state index in [1.165, 1.54) is 64.3 Å². The largest absolute Gasteiger partial charge is 0.350 e. The predicted molar refractivity (Wildman–Crippen MR) is 97.1 cm³/mol. The van der Waals surface area contributed by atoms with Gasteiger partial charge in [0.05, 0.1) is 12.7 Å². The van der Waals surface area contributed by atoms with E-state index in [2.05, 4.69) is 29.2 Å². The minimum Gasteiger partial charge on any atom is -0.350 e. The molecule has 0 saturated heterocycles. The highest BCUT2D eigenvalue weighted by Gasteiger charge is 1.96. The lowest BCUT2D eigenvalue weighted by Gasteiger charge is -2.13. The summed E-state index contributed by atoms with van der Waals surface area (Å²) in [7, 11) is 0. The van der Waals surface area contributed by atoms with Crippen molar-refractivity contribution in [2.24, 2.45) is 11.5 Å². The Labute approximate surface area is 138 Å². The molecular formula is C18H39N4+. The third kappa shape index (κ3) is 15.5. The molecule has 0 atom stereocenters. The molecule has 0 aliphatic carbocycles. The summed E-state index contributed by atoms with van der Waals surface area (Å²) in [6.07, 6.45) is 18.8. The Bertz CT molecular complexity index is 253. The third-order valence-corrected chi connectivity index (χ3v) is 3.84. The number of nitrogens with zero attached hydrogens (tertiary/aromatic N) is 1. The van der Waals surface area contributed by atoms with Crippen LogP contribution in [0.15, 0.2) is 25.2 Å². The molecule has 0 aliphatic heterocycles. The second kappa shape index (κ2) is 18.2. The Hall–Kier alpha value is -0.840. The Kier molecular flexibility index (Phi) is 17.5. The maximum absolute atomic E-state index is 5.49. The number of hydrogen-bond donors (Lipinski definition) is 3. The maximum Gasteiger partial charge on any atom is 0.109 e. The van der Waals surface area contributed by atoms with E-state index in [9.17, 15) is 0 Å². The summed E-state index contributed by atoms with van der Waals surface area (Å²) in [5.41, 5.74) is 11.0. The van der Waals surface area contributed by atoms with Crippen LogP contribution >= 0.6 is 0 Å². The zero-order chi connectivity index (χ0) is 16.3. The van der Waals surface area contributed by atoms with Crippen LogP contribution in [0, 0.1) is 0 Å². The van der Waals surface area contributed by atoms with Gasteiger partial charge in [0.25, 0.3) is 0 Å². The average molecular weight is 312 g/mol. The predicted octanol–water partition coefficient (Wildman–Crippen LogP) is 2.28. The zero-order valence-electron chi connectivity index (χ0n) is 14.5. The second-order valence-electron chi connectivity index (χ2n) is 5.90. The highest BCUT2D eigenvalue weighted by Crippen LogP contribution is 2.04. The molecule has 0 rings (SSSR count). The summed E-state index contributed by atoms with van der Waals surface area (Å²) < 4.78 is 0. The Morgan fingerprint density at radius 2 is 1.32 bits per heavy atom. The summed E-state index contributed by atoms with van der Waals surface area (Å²) in [5, 5.41) is 2.26. The molecule has 0 fully saturated rings. The Morgan fingerprint density at radius 1 is 0.773 bits per heavy atom. The molecule has 6 N–H and O–H groups in total. The van der Waals surface area contributed by atoms with Crippen LogP contribution in [0.2, 0.25) is 0 Å². The first-order valence-electron chi connectivity index (χ1n) is 9.13. The molecule has 0 heterocycles. The van der Waals surface area contributed by atoms with Gasteiger partial charge >= 0.3 is 0 Å². The molecule has 4 nitrogen and oxygen atoms in total. The van der Waals surface area contributed by atoms with Gasteiger partial charge in [0.2, 0.25) is 0 Å². The topological polar surface area (TPSA) is 71.9 Å². The molecule has 0 aromatic heterocycles. The van der Waals surface area contributed by atoms with Gasteiger partial charge in [-0.25, -0.2) is 0 Å². The fourth-order valence-electron chi connectivity index (χ4n) is 2.40. The molecule has 0 aromatic carbocycles. The van der Waals surface area contributed by atoms with Crippen molar-refractivity contribution >= 4 is 0 Å². The minimum atomic E-state index is 0.824. The summed E-state index contributed by atoms with van der Waals surface area (Å²) in [5.74, 6) is 0. The van der Waals surface area contributed by atoms with Gasteiger partial charge in [-0.15, -0.1) is 0 Å². The van der Waals surface area contributed by atoms with Crippen LogP contribution in [0.3, 0.4) is 0 Å². The zero-order valence-corrected chi connectivity index (χ0v) is 14.5. The van der Waals surface area contributed by atoms with Crippen LogP contribution in [0.4, 0.5) is 0 Å². The van der Waals surface area contributed by atoms with E-state index < -0.39 is 0 Å². The van der Waals surface area contributed by atoms with Crippen LogP contribution < -0.4 is 16.8 Å². The standard InChI is InChI=1S/C18H38N4/c1-2-22(17-12-8-4-6-10-14-20)18-16-21-15-11-7-3-5-9-13-19/h2,16,18,21H,1,3-15,17,19-20H2/p+1/b18-16-. The molecule has 4 heteroatoms. The van der Waals surface area contributed by atoms with Gasteiger partial charge in [-0.05, 0) is 51.4 Å². The summed E-state index contributed by atoms with van der Waals surface area (Å²) in [6, 6.07) is 0. The van der Waals surface area contributed by atoms with Crippen LogP contribution in [0.25, 0.3) is 0 Å². The molecule has 130 valence electrons. The first-order chi connectivity index (χ1) is 10.8. The Balaban J connectivity index is 3.44. The molecule has 0 saturated carbocycles. The third-order valence-electron chi connectivity index (χ3n) is 3.84. The Morgan fingerprint density at radius 3 is 1.91 bits per heavy atom. The molecule has 0 unspecified atom stereocenters. The fourth-order valence-corrected chi connectivity index (χ4v) is 2.40. The van der Waals surface area contributed by atoms with Crippen molar-refractivity contribution in [1.29, 1.82) is 0 Å². The van der Waals surface area contributed by atoms with Crippen LogP contribution in [-0.4, -0.2) is 31.1 Å². The SMILES string of the molecule is C=CN(/C=C\[NH2+]CCCCCCCN)CCCCCCCN. The molecule has 0 spiro atoms. The van der Waals surface area contributed by atoms with Crippen molar-refractivity contribution < 1.29 is 5.32 Å². The van der Waals surface area contributed by atoms with Gasteiger partial charge in [-0.3, -0.25) is 0 Å². The molecule has 0 radical (unpaired) electrons. The van der Waals surface area contributed by atoms with Gasteiger partial charge in [0.1, 0.15) is 6.20 Å². The maximum atomic E-state index is 5.49. The smallest absolute Gasteiger partial charge is 0.109 e. The van der Waals surface area contributed by atoms with E-state index in [0.29, 0.717) is 0 Å². The van der Waals surface area contributed by atoms with Gasteiger partial charge < -0.3 is 21.7 Å². The molecular weight excluding hydrogens is 272 g/mol. The van der Waals surface area contributed by atoms with E-state index in [1.54, 1.807) is 0 Å². The summed E-state index contributed by atoms with van der Waals surface area (Å²) >= 11 is 0. The van der Waals surface area contributed by atoms with Crippen molar-refractivity contribution in [1.82, 2.24) is 4.90 Å². The molecule has 0 aromatic rings. The number of unbranched alkanes of at least 4 members (excludes halogenated alkanes) is 8. The van der Waals surface area contributed by atoms with Crippen molar-refractivity contribution in [3.8, 4) is 0 Å². The number of nitrogens with two attached hydrogens (primary N) is 3. The fraction of sp³-hybridized carbons (Fsp3) is 0.778. The number of quaternary nitrogens is 1. The van der Waals surface area contributed by atoms with Crippen molar-refractivity contribution in [2.45, 2.75) is 64.2 Å². The van der Waals surface area contributed by atoms with Crippen molar-refractivity contribution in [3.63, 3.8) is 0 Å². The van der Waals surface area contributed by atoms with Gasteiger partial charge in [0.15, 0.2) is 0 Å².